The summed E-state index contributed by atoms with van der Waals surface area (Å²) in [5.74, 6) is -0.386. The molecule has 2 aromatic rings. The first-order chi connectivity index (χ1) is 12.5. The summed E-state index contributed by atoms with van der Waals surface area (Å²) >= 11 is 6.15. The molecule has 138 valence electrons. The van der Waals surface area contributed by atoms with E-state index in [2.05, 4.69) is 9.88 Å². The fraction of sp³-hybridized carbons (Fsp3) is 0.368. The van der Waals surface area contributed by atoms with Crippen LogP contribution in [0.5, 0.6) is 0 Å². The third-order valence-electron chi connectivity index (χ3n) is 4.44. The molecule has 0 N–H and O–H groups in total. The van der Waals surface area contributed by atoms with Gasteiger partial charge in [0.05, 0.1) is 17.3 Å². The van der Waals surface area contributed by atoms with Gasteiger partial charge in [0.15, 0.2) is 0 Å². The predicted octanol–water partition coefficient (Wildman–Crippen LogP) is 3.13. The summed E-state index contributed by atoms with van der Waals surface area (Å²) < 4.78 is 18.8. The van der Waals surface area contributed by atoms with Crippen LogP contribution in [0.25, 0.3) is 0 Å². The minimum Gasteiger partial charge on any atom is -0.367 e. The van der Waals surface area contributed by atoms with Crippen molar-refractivity contribution in [2.24, 2.45) is 0 Å². The smallest absolute Gasteiger partial charge is 0.248 e. The van der Waals surface area contributed by atoms with Crippen molar-refractivity contribution in [1.29, 1.82) is 0 Å². The van der Waals surface area contributed by atoms with Gasteiger partial charge in [0.25, 0.3) is 0 Å². The van der Waals surface area contributed by atoms with Crippen molar-refractivity contribution in [3.63, 3.8) is 0 Å². The molecule has 0 spiro atoms. The second kappa shape index (κ2) is 8.47. The molecule has 2 heterocycles. The molecule has 3 rings (SSSR count). The molecule has 1 amide bonds. The number of hydrogen-bond donors (Lipinski definition) is 0. The van der Waals surface area contributed by atoms with E-state index >= 15 is 0 Å². The molecular formula is C19H21ClFN3O2. The maximum absolute atomic E-state index is 13.2. The monoisotopic (exact) mass is 377 g/mol. The molecule has 7 heteroatoms. The first-order valence-electron chi connectivity index (χ1n) is 8.50. The van der Waals surface area contributed by atoms with Crippen LogP contribution in [0.3, 0.4) is 0 Å². The van der Waals surface area contributed by atoms with Gasteiger partial charge in [0.2, 0.25) is 5.91 Å². The average Bonchev–Trinajstić information content (AvgIpc) is 2.62. The molecule has 1 fully saturated rings. The Labute approximate surface area is 157 Å². The molecule has 1 atom stereocenters. The highest BCUT2D eigenvalue weighted by Crippen LogP contribution is 2.28. The number of nitrogens with zero attached hydrogens (tertiary/aromatic N) is 3. The maximum Gasteiger partial charge on any atom is 0.248 e. The standard InChI is InChI=1S/C19H21ClFN3O2/c1-14-11-23(18-3-2-16(21)10-17(18)20)8-9-24(14)19(25)13-26-12-15-4-6-22-7-5-15/h2-7,10,14H,8-9,11-13H2,1H3. The molecule has 1 aliphatic rings. The Morgan fingerprint density at radius 3 is 2.77 bits per heavy atom. The number of ether oxygens (including phenoxy) is 1. The van der Waals surface area contributed by atoms with Crippen LogP contribution >= 0.6 is 11.6 Å². The summed E-state index contributed by atoms with van der Waals surface area (Å²) in [6.07, 6.45) is 3.39. The molecule has 1 aromatic heterocycles. The number of carbonyl (C=O) groups is 1. The molecule has 5 nitrogen and oxygen atoms in total. The van der Waals surface area contributed by atoms with E-state index in [1.807, 2.05) is 24.0 Å². The van der Waals surface area contributed by atoms with Gasteiger partial charge in [-0.3, -0.25) is 9.78 Å². The van der Waals surface area contributed by atoms with Crippen LogP contribution in [0.15, 0.2) is 42.7 Å². The largest absolute Gasteiger partial charge is 0.367 e. The Kier molecular flexibility index (Phi) is 6.06. The number of rotatable bonds is 5. The van der Waals surface area contributed by atoms with Gasteiger partial charge in [-0.15, -0.1) is 0 Å². The second-order valence-corrected chi connectivity index (χ2v) is 6.73. The summed E-state index contributed by atoms with van der Waals surface area (Å²) in [4.78, 5) is 20.3. The SMILES string of the molecule is CC1CN(c2ccc(F)cc2Cl)CCN1C(=O)COCc1ccncc1. The van der Waals surface area contributed by atoms with Gasteiger partial charge in [-0.25, -0.2) is 4.39 Å². The Bertz CT molecular complexity index is 760. The lowest BCUT2D eigenvalue weighted by Crippen LogP contribution is -2.55. The molecule has 0 aliphatic carbocycles. The second-order valence-electron chi connectivity index (χ2n) is 6.33. The number of halogens is 2. The summed E-state index contributed by atoms with van der Waals surface area (Å²) in [6, 6.07) is 8.13. The van der Waals surface area contributed by atoms with Gasteiger partial charge >= 0.3 is 0 Å². The zero-order valence-electron chi connectivity index (χ0n) is 14.6. The molecule has 1 saturated heterocycles. The molecule has 1 unspecified atom stereocenters. The van der Waals surface area contributed by atoms with Crippen molar-refractivity contribution in [1.82, 2.24) is 9.88 Å². The first-order valence-corrected chi connectivity index (χ1v) is 8.88. The number of amides is 1. The van der Waals surface area contributed by atoms with Crippen LogP contribution in [0, 0.1) is 5.82 Å². The summed E-state index contributed by atoms with van der Waals surface area (Å²) in [5.41, 5.74) is 1.78. The minimum atomic E-state index is -0.355. The molecule has 26 heavy (non-hydrogen) atoms. The third kappa shape index (κ3) is 4.51. The third-order valence-corrected chi connectivity index (χ3v) is 4.74. The molecular weight excluding hydrogens is 357 g/mol. The van der Waals surface area contributed by atoms with E-state index in [-0.39, 0.29) is 24.4 Å². The van der Waals surface area contributed by atoms with Gasteiger partial charge in [-0.1, -0.05) is 11.6 Å². The molecule has 1 aromatic carbocycles. The highest BCUT2D eigenvalue weighted by Gasteiger charge is 2.28. The van der Waals surface area contributed by atoms with Crippen LogP contribution in [-0.4, -0.2) is 48.1 Å². The van der Waals surface area contributed by atoms with Crippen LogP contribution in [0.1, 0.15) is 12.5 Å². The minimum absolute atomic E-state index is 0.0156. The number of hydrogen-bond acceptors (Lipinski definition) is 4. The Balaban J connectivity index is 1.52. The van der Waals surface area contributed by atoms with E-state index in [4.69, 9.17) is 16.3 Å². The number of anilines is 1. The van der Waals surface area contributed by atoms with Crippen molar-refractivity contribution in [3.8, 4) is 0 Å². The van der Waals surface area contributed by atoms with Crippen molar-refractivity contribution >= 4 is 23.2 Å². The van der Waals surface area contributed by atoms with E-state index < -0.39 is 0 Å². The van der Waals surface area contributed by atoms with E-state index in [1.165, 1.54) is 12.1 Å². The molecule has 1 aliphatic heterocycles. The predicted molar refractivity (Wildman–Crippen MR) is 98.7 cm³/mol. The number of aromatic nitrogens is 1. The normalized spacial score (nSPS) is 17.4. The van der Waals surface area contributed by atoms with Gasteiger partial charge in [0.1, 0.15) is 12.4 Å². The fourth-order valence-corrected chi connectivity index (χ4v) is 3.39. The van der Waals surface area contributed by atoms with Gasteiger partial charge in [-0.05, 0) is 42.8 Å². The number of pyridine rings is 1. The van der Waals surface area contributed by atoms with Gasteiger partial charge in [0, 0.05) is 38.1 Å². The van der Waals surface area contributed by atoms with E-state index in [1.54, 1.807) is 18.5 Å². The lowest BCUT2D eigenvalue weighted by molar-refractivity contribution is -0.139. The van der Waals surface area contributed by atoms with E-state index in [0.29, 0.717) is 31.3 Å². The fourth-order valence-electron chi connectivity index (χ4n) is 3.10. The topological polar surface area (TPSA) is 45.7 Å². The highest BCUT2D eigenvalue weighted by molar-refractivity contribution is 6.33. The van der Waals surface area contributed by atoms with Crippen molar-refractivity contribution < 1.29 is 13.9 Å². The first kappa shape index (κ1) is 18.6. The molecule has 0 radical (unpaired) electrons. The van der Waals surface area contributed by atoms with Crippen LogP contribution in [0.4, 0.5) is 10.1 Å². The van der Waals surface area contributed by atoms with Crippen molar-refractivity contribution in [3.05, 3.63) is 59.1 Å². The summed E-state index contributed by atoms with van der Waals surface area (Å²) in [7, 11) is 0. The maximum atomic E-state index is 13.2. The molecule has 0 saturated carbocycles. The van der Waals surface area contributed by atoms with Crippen molar-refractivity contribution in [2.45, 2.75) is 19.6 Å². The van der Waals surface area contributed by atoms with Crippen molar-refractivity contribution in [2.75, 3.05) is 31.1 Å². The molecule has 0 bridgehead atoms. The summed E-state index contributed by atoms with van der Waals surface area (Å²) in [5, 5.41) is 0.387. The highest BCUT2D eigenvalue weighted by atomic mass is 35.5. The number of carbonyl (C=O) groups excluding carboxylic acids is 1. The quantitative estimate of drug-likeness (QED) is 0.803. The zero-order chi connectivity index (χ0) is 18.5. The van der Waals surface area contributed by atoms with E-state index in [9.17, 15) is 9.18 Å². The van der Waals surface area contributed by atoms with Crippen LogP contribution < -0.4 is 4.90 Å². The van der Waals surface area contributed by atoms with Crippen LogP contribution in [-0.2, 0) is 16.1 Å². The lowest BCUT2D eigenvalue weighted by Gasteiger charge is -2.41. The van der Waals surface area contributed by atoms with Crippen LogP contribution in [0.2, 0.25) is 5.02 Å². The summed E-state index contributed by atoms with van der Waals surface area (Å²) in [6.45, 7) is 4.28. The Morgan fingerprint density at radius 2 is 2.08 bits per heavy atom. The van der Waals surface area contributed by atoms with Gasteiger partial charge in [-0.2, -0.15) is 0 Å². The van der Waals surface area contributed by atoms with E-state index in [0.717, 1.165) is 11.3 Å². The zero-order valence-corrected chi connectivity index (χ0v) is 15.3. The Morgan fingerprint density at radius 1 is 1.31 bits per heavy atom. The average molecular weight is 378 g/mol. The Hall–Kier alpha value is -2.18. The van der Waals surface area contributed by atoms with Gasteiger partial charge < -0.3 is 14.5 Å². The lowest BCUT2D eigenvalue weighted by atomic mass is 10.1. The number of piperazine rings is 1. The number of benzene rings is 1.